The number of hydrogen-bond acceptors (Lipinski definition) is 2. The van der Waals surface area contributed by atoms with Crippen LogP contribution in [0, 0.1) is 0 Å². The van der Waals surface area contributed by atoms with Gasteiger partial charge in [-0.3, -0.25) is 4.98 Å². The maximum atomic E-state index is 4.69. The number of aromatic nitrogens is 3. The van der Waals surface area contributed by atoms with Crippen LogP contribution in [-0.2, 0) is 19.4 Å². The number of benzene rings is 1. The Labute approximate surface area is 112 Å². The van der Waals surface area contributed by atoms with E-state index < -0.39 is 0 Å². The van der Waals surface area contributed by atoms with Crippen LogP contribution in [0.3, 0.4) is 0 Å². The second kappa shape index (κ2) is 5.22. The molecule has 0 aliphatic heterocycles. The molecule has 0 atom stereocenters. The van der Waals surface area contributed by atoms with Gasteiger partial charge < -0.3 is 4.57 Å². The Morgan fingerprint density at radius 3 is 2.63 bits per heavy atom. The van der Waals surface area contributed by atoms with Crippen molar-refractivity contribution >= 4 is 11.0 Å². The third-order valence-electron chi connectivity index (χ3n) is 3.42. The molecule has 1 aromatic carbocycles. The molecule has 0 aliphatic rings. The highest BCUT2D eigenvalue weighted by Crippen LogP contribution is 2.17. The molecule has 0 saturated carbocycles. The second-order valence-electron chi connectivity index (χ2n) is 4.63. The van der Waals surface area contributed by atoms with Crippen molar-refractivity contribution in [2.75, 3.05) is 0 Å². The van der Waals surface area contributed by atoms with Crippen molar-refractivity contribution in [2.45, 2.75) is 26.3 Å². The molecule has 19 heavy (non-hydrogen) atoms. The fraction of sp³-hybridized carbons (Fsp3) is 0.250. The summed E-state index contributed by atoms with van der Waals surface area (Å²) in [5.41, 5.74) is 3.64. The minimum Gasteiger partial charge on any atom is -0.328 e. The van der Waals surface area contributed by atoms with Crippen LogP contribution in [-0.4, -0.2) is 14.5 Å². The first-order chi connectivity index (χ1) is 9.38. The van der Waals surface area contributed by atoms with Crippen LogP contribution in [0.2, 0.25) is 0 Å². The van der Waals surface area contributed by atoms with E-state index in [4.69, 9.17) is 4.98 Å². The molecule has 0 aliphatic carbocycles. The topological polar surface area (TPSA) is 30.7 Å². The van der Waals surface area contributed by atoms with E-state index >= 15 is 0 Å². The van der Waals surface area contributed by atoms with Crippen molar-refractivity contribution in [1.82, 2.24) is 14.5 Å². The van der Waals surface area contributed by atoms with Crippen LogP contribution < -0.4 is 0 Å². The number of hydrogen-bond donors (Lipinski definition) is 0. The lowest BCUT2D eigenvalue weighted by molar-refractivity contribution is 0.673. The Kier molecular flexibility index (Phi) is 3.27. The Morgan fingerprint density at radius 2 is 1.84 bits per heavy atom. The van der Waals surface area contributed by atoms with E-state index in [9.17, 15) is 0 Å². The Hall–Kier alpha value is -2.16. The van der Waals surface area contributed by atoms with Crippen molar-refractivity contribution in [3.05, 3.63) is 60.2 Å². The highest BCUT2D eigenvalue weighted by molar-refractivity contribution is 5.75. The molecule has 3 rings (SSSR count). The normalized spacial score (nSPS) is 11.0. The molecule has 3 aromatic rings. The standard InChI is InChI=1S/C16H17N3/c1-2-16-18-14-5-3-4-6-15(14)19(16)12-9-13-7-10-17-11-8-13/h3-8,10-11H,2,9,12H2,1H3. The zero-order chi connectivity index (χ0) is 13.1. The minimum atomic E-state index is 0.963. The molecule has 0 radical (unpaired) electrons. The lowest BCUT2D eigenvalue weighted by atomic mass is 10.2. The highest BCUT2D eigenvalue weighted by Gasteiger charge is 2.08. The van der Waals surface area contributed by atoms with Crippen molar-refractivity contribution in [3.63, 3.8) is 0 Å². The molecule has 0 amide bonds. The van der Waals surface area contributed by atoms with Gasteiger partial charge in [-0.2, -0.15) is 0 Å². The Bertz CT molecular complexity index is 671. The van der Waals surface area contributed by atoms with Gasteiger partial charge in [0.2, 0.25) is 0 Å². The molecule has 0 bridgehead atoms. The fourth-order valence-corrected chi connectivity index (χ4v) is 2.44. The van der Waals surface area contributed by atoms with Crippen LogP contribution in [0.15, 0.2) is 48.8 Å². The average molecular weight is 251 g/mol. The monoisotopic (exact) mass is 251 g/mol. The van der Waals surface area contributed by atoms with Gasteiger partial charge >= 0.3 is 0 Å². The number of fused-ring (bicyclic) bond motifs is 1. The predicted octanol–water partition coefficient (Wildman–Crippen LogP) is 3.24. The Balaban J connectivity index is 1.91. The summed E-state index contributed by atoms with van der Waals surface area (Å²) in [6.45, 7) is 3.12. The lowest BCUT2D eigenvalue weighted by Gasteiger charge is -2.08. The number of para-hydroxylation sites is 2. The van der Waals surface area contributed by atoms with Gasteiger partial charge in [-0.15, -0.1) is 0 Å². The van der Waals surface area contributed by atoms with E-state index in [0.29, 0.717) is 0 Å². The molecule has 2 aromatic heterocycles. The van der Waals surface area contributed by atoms with Gasteiger partial charge in [-0.1, -0.05) is 19.1 Å². The van der Waals surface area contributed by atoms with Gasteiger partial charge in [-0.25, -0.2) is 4.98 Å². The summed E-state index contributed by atoms with van der Waals surface area (Å²) in [7, 11) is 0. The number of aryl methyl sites for hydroxylation is 3. The molecule has 3 heteroatoms. The van der Waals surface area contributed by atoms with E-state index in [0.717, 1.165) is 30.7 Å². The summed E-state index contributed by atoms with van der Waals surface area (Å²) in [6, 6.07) is 12.5. The van der Waals surface area contributed by atoms with Crippen LogP contribution >= 0.6 is 0 Å². The SMILES string of the molecule is CCc1nc2ccccc2n1CCc1ccncc1. The first-order valence-electron chi connectivity index (χ1n) is 6.71. The van der Waals surface area contributed by atoms with Gasteiger partial charge in [0.15, 0.2) is 0 Å². The minimum absolute atomic E-state index is 0.963. The molecule has 96 valence electrons. The Morgan fingerprint density at radius 1 is 1.05 bits per heavy atom. The van der Waals surface area contributed by atoms with Gasteiger partial charge in [-0.05, 0) is 36.2 Å². The average Bonchev–Trinajstić information content (AvgIpc) is 2.84. The molecular weight excluding hydrogens is 234 g/mol. The third kappa shape index (κ3) is 2.36. The number of pyridine rings is 1. The van der Waals surface area contributed by atoms with Crippen molar-refractivity contribution in [3.8, 4) is 0 Å². The van der Waals surface area contributed by atoms with Gasteiger partial charge in [0.1, 0.15) is 5.82 Å². The zero-order valence-electron chi connectivity index (χ0n) is 11.1. The van der Waals surface area contributed by atoms with Crippen molar-refractivity contribution in [2.24, 2.45) is 0 Å². The molecule has 0 saturated heterocycles. The second-order valence-corrected chi connectivity index (χ2v) is 4.63. The summed E-state index contributed by atoms with van der Waals surface area (Å²) >= 11 is 0. The number of imidazole rings is 1. The number of rotatable bonds is 4. The highest BCUT2D eigenvalue weighted by atomic mass is 15.1. The smallest absolute Gasteiger partial charge is 0.109 e. The summed E-state index contributed by atoms with van der Waals surface area (Å²) in [4.78, 5) is 8.75. The number of nitrogens with zero attached hydrogens (tertiary/aromatic N) is 3. The molecule has 0 N–H and O–H groups in total. The van der Waals surface area contributed by atoms with Crippen LogP contribution in [0.5, 0.6) is 0 Å². The maximum Gasteiger partial charge on any atom is 0.109 e. The van der Waals surface area contributed by atoms with Gasteiger partial charge in [0.05, 0.1) is 11.0 Å². The predicted molar refractivity (Wildman–Crippen MR) is 77.1 cm³/mol. The van der Waals surface area contributed by atoms with Crippen LogP contribution in [0.4, 0.5) is 0 Å². The summed E-state index contributed by atoms with van der Waals surface area (Å²) in [5.74, 6) is 1.16. The first kappa shape index (κ1) is 11.9. The molecule has 0 spiro atoms. The van der Waals surface area contributed by atoms with Crippen molar-refractivity contribution in [1.29, 1.82) is 0 Å². The van der Waals surface area contributed by atoms with E-state index in [-0.39, 0.29) is 0 Å². The zero-order valence-corrected chi connectivity index (χ0v) is 11.1. The van der Waals surface area contributed by atoms with E-state index in [1.165, 1.54) is 11.1 Å². The molecule has 3 nitrogen and oxygen atoms in total. The maximum absolute atomic E-state index is 4.69. The summed E-state index contributed by atoms with van der Waals surface area (Å²) in [6.07, 6.45) is 5.67. The largest absolute Gasteiger partial charge is 0.328 e. The molecular formula is C16H17N3. The van der Waals surface area contributed by atoms with E-state index in [1.807, 2.05) is 18.5 Å². The van der Waals surface area contributed by atoms with Crippen molar-refractivity contribution < 1.29 is 0 Å². The van der Waals surface area contributed by atoms with E-state index in [1.54, 1.807) is 0 Å². The lowest BCUT2D eigenvalue weighted by Crippen LogP contribution is -2.05. The third-order valence-corrected chi connectivity index (χ3v) is 3.42. The molecule has 2 heterocycles. The summed E-state index contributed by atoms with van der Waals surface area (Å²) in [5, 5.41) is 0. The molecule has 0 unspecified atom stereocenters. The fourth-order valence-electron chi connectivity index (χ4n) is 2.44. The van der Waals surface area contributed by atoms with Gasteiger partial charge in [0, 0.05) is 25.4 Å². The summed E-state index contributed by atoms with van der Waals surface area (Å²) < 4.78 is 2.33. The molecule has 0 fully saturated rings. The van der Waals surface area contributed by atoms with Gasteiger partial charge in [0.25, 0.3) is 0 Å². The quantitative estimate of drug-likeness (QED) is 0.712. The van der Waals surface area contributed by atoms with Crippen LogP contribution in [0.25, 0.3) is 11.0 Å². The first-order valence-corrected chi connectivity index (χ1v) is 6.71. The van der Waals surface area contributed by atoms with E-state index in [2.05, 4.69) is 46.8 Å². The van der Waals surface area contributed by atoms with Crippen LogP contribution in [0.1, 0.15) is 18.3 Å².